The molecular weight excluding hydrogens is 360 g/mol. The summed E-state index contributed by atoms with van der Waals surface area (Å²) in [5.74, 6) is 0.0409. The molecule has 2 aromatic heterocycles. The van der Waals surface area contributed by atoms with Crippen LogP contribution in [0.4, 0.5) is 0 Å². The van der Waals surface area contributed by atoms with Crippen LogP contribution in [-0.2, 0) is 18.3 Å². The number of carbonyl (C=O) groups is 1. The van der Waals surface area contributed by atoms with Crippen LogP contribution in [0.25, 0.3) is 10.1 Å². The number of hydrogen-bond donors (Lipinski definition) is 0. The molecule has 0 N–H and O–H groups in total. The van der Waals surface area contributed by atoms with E-state index in [0.29, 0.717) is 6.61 Å². The lowest BCUT2D eigenvalue weighted by atomic mass is 10.0. The van der Waals surface area contributed by atoms with E-state index in [4.69, 9.17) is 4.74 Å². The third-order valence-corrected chi connectivity index (χ3v) is 6.05. The van der Waals surface area contributed by atoms with Crippen LogP contribution < -0.4 is 0 Å². The van der Waals surface area contributed by atoms with Gasteiger partial charge in [0.15, 0.2) is 0 Å². The minimum absolute atomic E-state index is 0.0409. The normalized spacial score (nSPS) is 18.1. The second-order valence-electron chi connectivity index (χ2n) is 7.16. The number of benzene rings is 1. The lowest BCUT2D eigenvalue weighted by Crippen LogP contribution is -2.38. The van der Waals surface area contributed by atoms with Crippen molar-refractivity contribution >= 4 is 27.3 Å². The van der Waals surface area contributed by atoms with Crippen LogP contribution >= 0.6 is 11.3 Å². The molecule has 6 nitrogen and oxygen atoms in total. The Hall–Kier alpha value is -2.22. The highest BCUT2D eigenvalue weighted by Gasteiger charge is 2.30. The maximum atomic E-state index is 12.8. The van der Waals surface area contributed by atoms with E-state index in [1.165, 1.54) is 5.56 Å². The maximum absolute atomic E-state index is 12.8. The third kappa shape index (κ3) is 3.63. The maximum Gasteiger partial charge on any atom is 0.263 e. The summed E-state index contributed by atoms with van der Waals surface area (Å²) in [6.07, 6.45) is 3.85. The molecule has 1 aliphatic heterocycles. The van der Waals surface area contributed by atoms with E-state index in [0.717, 1.165) is 40.2 Å². The zero-order chi connectivity index (χ0) is 19.0. The first-order valence-corrected chi connectivity index (χ1v) is 9.89. The lowest BCUT2D eigenvalue weighted by molar-refractivity contribution is -0.0323. The van der Waals surface area contributed by atoms with Gasteiger partial charge in [0.1, 0.15) is 0 Å². The fourth-order valence-electron chi connectivity index (χ4n) is 3.58. The highest BCUT2D eigenvalue weighted by atomic mass is 32.1. The Morgan fingerprint density at radius 1 is 1.37 bits per heavy atom. The van der Waals surface area contributed by atoms with Crippen LogP contribution in [0, 0.1) is 0 Å². The van der Waals surface area contributed by atoms with E-state index in [9.17, 15) is 4.79 Å². The van der Waals surface area contributed by atoms with Gasteiger partial charge in [0.25, 0.3) is 5.91 Å². The molecule has 1 fully saturated rings. The summed E-state index contributed by atoms with van der Waals surface area (Å²) in [7, 11) is 5.53. The van der Waals surface area contributed by atoms with E-state index < -0.39 is 0 Å². The number of thiophene rings is 1. The molecule has 0 aliphatic carbocycles. The average Bonchev–Trinajstić information content (AvgIpc) is 3.24. The molecule has 0 saturated carbocycles. The average molecular weight is 385 g/mol. The second kappa shape index (κ2) is 7.42. The highest BCUT2D eigenvalue weighted by Crippen LogP contribution is 2.38. The van der Waals surface area contributed by atoms with Crippen LogP contribution in [0.5, 0.6) is 0 Å². The van der Waals surface area contributed by atoms with Gasteiger partial charge in [-0.25, -0.2) is 0 Å². The summed E-state index contributed by atoms with van der Waals surface area (Å²) in [5.41, 5.74) is 2.23. The Kier molecular flexibility index (Phi) is 4.99. The van der Waals surface area contributed by atoms with Crippen molar-refractivity contribution in [2.75, 3.05) is 33.8 Å². The van der Waals surface area contributed by atoms with E-state index in [1.54, 1.807) is 30.3 Å². The molecule has 0 unspecified atom stereocenters. The fraction of sp³-hybridized carbons (Fsp3) is 0.400. The Morgan fingerprint density at radius 2 is 2.19 bits per heavy atom. The van der Waals surface area contributed by atoms with E-state index >= 15 is 0 Å². The van der Waals surface area contributed by atoms with E-state index in [-0.39, 0.29) is 12.0 Å². The fourth-order valence-corrected chi connectivity index (χ4v) is 4.86. The number of fused-ring (bicyclic) bond motifs is 1. The molecule has 0 spiro atoms. The lowest BCUT2D eigenvalue weighted by Gasteiger charge is -2.33. The van der Waals surface area contributed by atoms with E-state index in [1.807, 2.05) is 36.3 Å². The molecule has 1 atom stereocenters. The van der Waals surface area contributed by atoms with Gasteiger partial charge in [-0.3, -0.25) is 14.4 Å². The summed E-state index contributed by atoms with van der Waals surface area (Å²) in [5, 5.41) is 5.38. The van der Waals surface area contributed by atoms with Crippen molar-refractivity contribution in [2.45, 2.75) is 12.6 Å². The van der Waals surface area contributed by atoms with Crippen LogP contribution in [0.15, 0.2) is 36.7 Å². The number of carbonyl (C=O) groups excluding carboxylic acids is 1. The number of ether oxygens (including phenoxy) is 1. The van der Waals surface area contributed by atoms with Crippen LogP contribution in [0.1, 0.15) is 26.9 Å². The Morgan fingerprint density at radius 3 is 2.93 bits per heavy atom. The number of nitrogens with zero attached hydrogens (tertiary/aromatic N) is 4. The number of rotatable bonds is 4. The molecule has 3 heterocycles. The molecule has 1 aliphatic rings. The van der Waals surface area contributed by atoms with Crippen molar-refractivity contribution in [2.24, 2.45) is 7.05 Å². The topological polar surface area (TPSA) is 50.6 Å². The predicted octanol–water partition coefficient (Wildman–Crippen LogP) is 2.91. The summed E-state index contributed by atoms with van der Waals surface area (Å²) < 4.78 is 9.10. The van der Waals surface area contributed by atoms with Crippen molar-refractivity contribution in [3.05, 3.63) is 52.7 Å². The summed E-state index contributed by atoms with van der Waals surface area (Å²) >= 11 is 1.56. The van der Waals surface area contributed by atoms with Gasteiger partial charge in [0.2, 0.25) is 0 Å². The second-order valence-corrected chi connectivity index (χ2v) is 8.21. The minimum atomic E-state index is -0.106. The zero-order valence-corrected chi connectivity index (χ0v) is 16.7. The Labute approximate surface area is 162 Å². The van der Waals surface area contributed by atoms with Crippen LogP contribution in [0.2, 0.25) is 0 Å². The SMILES string of the molecule is CN(C)C(=O)c1sc2ccccc2c1[C@@H]1CN(Cc2cnn(C)c2)CCO1. The van der Waals surface area contributed by atoms with Gasteiger partial charge in [0, 0.05) is 62.8 Å². The van der Waals surface area contributed by atoms with Gasteiger partial charge in [-0.2, -0.15) is 5.10 Å². The molecule has 0 radical (unpaired) electrons. The van der Waals surface area contributed by atoms with Crippen molar-refractivity contribution in [1.82, 2.24) is 19.6 Å². The monoisotopic (exact) mass is 384 g/mol. The highest BCUT2D eigenvalue weighted by molar-refractivity contribution is 7.21. The summed E-state index contributed by atoms with van der Waals surface area (Å²) in [4.78, 5) is 17.6. The molecule has 3 aromatic rings. The molecule has 142 valence electrons. The smallest absolute Gasteiger partial charge is 0.263 e. The molecule has 1 saturated heterocycles. The third-order valence-electron chi connectivity index (χ3n) is 4.87. The zero-order valence-electron chi connectivity index (χ0n) is 15.9. The van der Waals surface area contributed by atoms with Crippen molar-refractivity contribution in [3.63, 3.8) is 0 Å². The molecule has 4 rings (SSSR count). The molecule has 0 bridgehead atoms. The summed E-state index contributed by atoms with van der Waals surface area (Å²) in [6.45, 7) is 3.14. The minimum Gasteiger partial charge on any atom is -0.371 e. The van der Waals surface area contributed by atoms with Gasteiger partial charge in [-0.15, -0.1) is 11.3 Å². The quantitative estimate of drug-likeness (QED) is 0.694. The van der Waals surface area contributed by atoms with E-state index in [2.05, 4.69) is 22.1 Å². The molecular formula is C20H24N4O2S. The van der Waals surface area contributed by atoms with Crippen LogP contribution in [-0.4, -0.2) is 59.3 Å². The molecule has 1 aromatic carbocycles. The molecule has 7 heteroatoms. The summed E-state index contributed by atoms with van der Waals surface area (Å²) in [6, 6.07) is 8.21. The number of amides is 1. The Bertz CT molecular complexity index is 962. The number of hydrogen-bond acceptors (Lipinski definition) is 5. The van der Waals surface area contributed by atoms with Gasteiger partial charge in [-0.1, -0.05) is 18.2 Å². The van der Waals surface area contributed by atoms with Crippen molar-refractivity contribution in [3.8, 4) is 0 Å². The largest absolute Gasteiger partial charge is 0.371 e. The number of morpholine rings is 1. The molecule has 1 amide bonds. The number of aryl methyl sites for hydroxylation is 1. The predicted molar refractivity (Wildman–Crippen MR) is 107 cm³/mol. The first kappa shape index (κ1) is 18.2. The van der Waals surface area contributed by atoms with Crippen molar-refractivity contribution < 1.29 is 9.53 Å². The van der Waals surface area contributed by atoms with Gasteiger partial charge < -0.3 is 9.64 Å². The Balaban J connectivity index is 1.66. The van der Waals surface area contributed by atoms with Gasteiger partial charge in [-0.05, 0) is 11.5 Å². The van der Waals surface area contributed by atoms with Crippen molar-refractivity contribution in [1.29, 1.82) is 0 Å². The first-order valence-electron chi connectivity index (χ1n) is 9.07. The molecule has 27 heavy (non-hydrogen) atoms. The van der Waals surface area contributed by atoms with Crippen LogP contribution in [0.3, 0.4) is 0 Å². The first-order chi connectivity index (χ1) is 13.0. The van der Waals surface area contributed by atoms with Gasteiger partial charge in [0.05, 0.1) is 23.8 Å². The standard InChI is InChI=1S/C20H24N4O2S/c1-22(2)20(25)19-18(15-6-4-5-7-17(15)27-19)16-13-24(8-9-26-16)12-14-10-21-23(3)11-14/h4-7,10-11,16H,8-9,12-13H2,1-3H3/t16-/m0/s1. The number of aromatic nitrogens is 2. The van der Waals surface area contributed by atoms with Gasteiger partial charge >= 0.3 is 0 Å².